The average Bonchev–Trinajstić information content (AvgIpc) is 2.70. The molecule has 0 radical (unpaired) electrons. The molecule has 0 unspecified atom stereocenters. The van der Waals surface area contributed by atoms with Gasteiger partial charge in [0.05, 0.1) is 0 Å². The Balaban J connectivity index is 2.40. The Morgan fingerprint density at radius 1 is 1.24 bits per heavy atom. The molecule has 0 atom stereocenters. The first-order valence-corrected chi connectivity index (χ1v) is 5.70. The van der Waals surface area contributed by atoms with Gasteiger partial charge in [0.25, 0.3) is 0 Å². The predicted molar refractivity (Wildman–Crippen MR) is 69.8 cm³/mol. The van der Waals surface area contributed by atoms with Gasteiger partial charge < -0.3 is 10.2 Å². The van der Waals surface area contributed by atoms with Crippen LogP contribution in [0.3, 0.4) is 0 Å². The van der Waals surface area contributed by atoms with Crippen LogP contribution in [0.1, 0.15) is 32.2 Å². The molecule has 2 aromatic rings. The van der Waals surface area contributed by atoms with Crippen LogP contribution in [-0.4, -0.2) is 4.98 Å². The normalized spacial score (nSPS) is 11.8. The van der Waals surface area contributed by atoms with E-state index in [9.17, 15) is 0 Å². The molecule has 0 aliphatic carbocycles. The molecule has 0 saturated heterocycles. The van der Waals surface area contributed by atoms with Crippen LogP contribution in [0.15, 0.2) is 28.9 Å². The van der Waals surface area contributed by atoms with E-state index in [2.05, 4.69) is 25.8 Å². The first kappa shape index (κ1) is 11.7. The molecular weight excluding hydrogens is 212 g/mol. The van der Waals surface area contributed by atoms with E-state index in [1.54, 1.807) is 6.26 Å². The molecular formula is C14H18N2O. The van der Waals surface area contributed by atoms with Crippen molar-refractivity contribution in [2.45, 2.75) is 33.1 Å². The topological polar surface area (TPSA) is 52.0 Å². The monoisotopic (exact) mass is 230 g/mol. The van der Waals surface area contributed by atoms with E-state index in [0.29, 0.717) is 0 Å². The number of aromatic nitrogens is 1. The molecule has 0 bridgehead atoms. The van der Waals surface area contributed by atoms with E-state index in [1.165, 1.54) is 0 Å². The Bertz CT molecular complexity index is 535. The molecule has 1 aromatic carbocycles. The lowest BCUT2D eigenvalue weighted by molar-refractivity contribution is 0.392. The fraction of sp³-hybridized carbons (Fsp3) is 0.357. The molecule has 0 amide bonds. The van der Waals surface area contributed by atoms with Crippen molar-refractivity contribution in [1.82, 2.24) is 4.98 Å². The number of rotatable bonds is 1. The second kappa shape index (κ2) is 3.91. The first-order chi connectivity index (χ1) is 7.88. The summed E-state index contributed by atoms with van der Waals surface area (Å²) in [5.41, 5.74) is 9.50. The summed E-state index contributed by atoms with van der Waals surface area (Å²) in [6, 6.07) is 5.94. The molecule has 0 aliphatic rings. The Morgan fingerprint density at radius 2 is 1.94 bits per heavy atom. The van der Waals surface area contributed by atoms with Gasteiger partial charge in [-0.15, -0.1) is 0 Å². The Kier molecular flexibility index (Phi) is 2.69. The molecule has 90 valence electrons. The molecule has 0 aliphatic heterocycles. The molecule has 17 heavy (non-hydrogen) atoms. The number of nitrogens with two attached hydrogens (primary N) is 1. The number of hydrogen-bond acceptors (Lipinski definition) is 3. The number of anilines is 1. The predicted octanol–water partition coefficient (Wildman–Crippen LogP) is 3.53. The Labute approximate surface area is 102 Å². The van der Waals surface area contributed by atoms with Crippen LogP contribution in [0.25, 0.3) is 11.3 Å². The number of benzene rings is 1. The molecule has 1 aromatic heterocycles. The molecule has 3 heteroatoms. The van der Waals surface area contributed by atoms with E-state index in [0.717, 1.165) is 28.4 Å². The zero-order valence-electron chi connectivity index (χ0n) is 10.7. The molecule has 2 N–H and O–H groups in total. The molecule has 0 spiro atoms. The lowest BCUT2D eigenvalue weighted by Crippen LogP contribution is -2.11. The van der Waals surface area contributed by atoms with Gasteiger partial charge in [0.2, 0.25) is 0 Å². The van der Waals surface area contributed by atoms with Crippen molar-refractivity contribution < 1.29 is 4.42 Å². The lowest BCUT2D eigenvalue weighted by Gasteiger charge is -2.11. The standard InChI is InChI=1S/C14H18N2O/c1-9-5-6-10(7-11(9)15)12-8-17-13(16-12)14(2,3)4/h5-8H,15H2,1-4H3. The van der Waals surface area contributed by atoms with Crippen molar-refractivity contribution >= 4 is 5.69 Å². The van der Waals surface area contributed by atoms with E-state index in [4.69, 9.17) is 10.2 Å². The highest BCUT2D eigenvalue weighted by molar-refractivity contribution is 5.65. The number of nitrogen functional groups attached to an aromatic ring is 1. The minimum atomic E-state index is -0.0749. The van der Waals surface area contributed by atoms with Gasteiger partial charge in [0.15, 0.2) is 5.89 Å². The fourth-order valence-corrected chi connectivity index (χ4v) is 1.55. The third kappa shape index (κ3) is 2.33. The summed E-state index contributed by atoms with van der Waals surface area (Å²) in [6.07, 6.45) is 1.69. The second-order valence-electron chi connectivity index (χ2n) is 5.36. The van der Waals surface area contributed by atoms with Crippen molar-refractivity contribution in [2.75, 3.05) is 5.73 Å². The van der Waals surface area contributed by atoms with Gasteiger partial charge in [0.1, 0.15) is 12.0 Å². The van der Waals surface area contributed by atoms with Crippen LogP contribution in [0.4, 0.5) is 5.69 Å². The van der Waals surface area contributed by atoms with Gasteiger partial charge in [-0.3, -0.25) is 0 Å². The zero-order chi connectivity index (χ0) is 12.6. The van der Waals surface area contributed by atoms with Gasteiger partial charge in [-0.25, -0.2) is 4.98 Å². The Hall–Kier alpha value is -1.77. The van der Waals surface area contributed by atoms with E-state index in [-0.39, 0.29) is 5.41 Å². The molecule has 2 rings (SSSR count). The van der Waals surface area contributed by atoms with Crippen LogP contribution < -0.4 is 5.73 Å². The smallest absolute Gasteiger partial charge is 0.199 e. The number of oxazole rings is 1. The third-order valence-corrected chi connectivity index (χ3v) is 2.72. The quantitative estimate of drug-likeness (QED) is 0.762. The summed E-state index contributed by atoms with van der Waals surface area (Å²) >= 11 is 0. The summed E-state index contributed by atoms with van der Waals surface area (Å²) in [5.74, 6) is 0.742. The first-order valence-electron chi connectivity index (χ1n) is 5.70. The van der Waals surface area contributed by atoms with Crippen molar-refractivity contribution in [3.05, 3.63) is 35.9 Å². The van der Waals surface area contributed by atoms with Gasteiger partial charge >= 0.3 is 0 Å². The highest BCUT2D eigenvalue weighted by atomic mass is 16.3. The SMILES string of the molecule is Cc1ccc(-c2coc(C(C)(C)C)n2)cc1N. The summed E-state index contributed by atoms with van der Waals surface area (Å²) < 4.78 is 5.50. The van der Waals surface area contributed by atoms with Crippen LogP contribution in [0, 0.1) is 6.92 Å². The largest absolute Gasteiger partial charge is 0.448 e. The average molecular weight is 230 g/mol. The third-order valence-electron chi connectivity index (χ3n) is 2.72. The number of aryl methyl sites for hydroxylation is 1. The molecule has 3 nitrogen and oxygen atoms in total. The van der Waals surface area contributed by atoms with Crippen molar-refractivity contribution in [2.24, 2.45) is 0 Å². The minimum absolute atomic E-state index is 0.0749. The summed E-state index contributed by atoms with van der Waals surface area (Å²) in [7, 11) is 0. The maximum atomic E-state index is 5.89. The maximum Gasteiger partial charge on any atom is 0.199 e. The Morgan fingerprint density at radius 3 is 2.47 bits per heavy atom. The number of nitrogens with zero attached hydrogens (tertiary/aromatic N) is 1. The minimum Gasteiger partial charge on any atom is -0.448 e. The molecule has 0 fully saturated rings. The van der Waals surface area contributed by atoms with Crippen LogP contribution >= 0.6 is 0 Å². The highest BCUT2D eigenvalue weighted by Gasteiger charge is 2.20. The van der Waals surface area contributed by atoms with E-state index in [1.807, 2.05) is 25.1 Å². The van der Waals surface area contributed by atoms with Crippen molar-refractivity contribution in [1.29, 1.82) is 0 Å². The zero-order valence-corrected chi connectivity index (χ0v) is 10.7. The molecule has 1 heterocycles. The maximum absolute atomic E-state index is 5.89. The summed E-state index contributed by atoms with van der Waals surface area (Å²) in [5, 5.41) is 0. The second-order valence-corrected chi connectivity index (χ2v) is 5.36. The van der Waals surface area contributed by atoms with Crippen LogP contribution in [-0.2, 0) is 5.41 Å². The van der Waals surface area contributed by atoms with Crippen LogP contribution in [0.5, 0.6) is 0 Å². The summed E-state index contributed by atoms with van der Waals surface area (Å²) in [6.45, 7) is 8.22. The molecule has 0 saturated carbocycles. The van der Waals surface area contributed by atoms with E-state index < -0.39 is 0 Å². The fourth-order valence-electron chi connectivity index (χ4n) is 1.55. The number of hydrogen-bond donors (Lipinski definition) is 1. The summed E-state index contributed by atoms with van der Waals surface area (Å²) in [4.78, 5) is 4.50. The lowest BCUT2D eigenvalue weighted by atomic mass is 9.97. The van der Waals surface area contributed by atoms with Crippen molar-refractivity contribution in [3.8, 4) is 11.3 Å². The van der Waals surface area contributed by atoms with E-state index >= 15 is 0 Å². The highest BCUT2D eigenvalue weighted by Crippen LogP contribution is 2.27. The van der Waals surface area contributed by atoms with Gasteiger partial charge in [-0.1, -0.05) is 32.9 Å². The van der Waals surface area contributed by atoms with Gasteiger partial charge in [-0.2, -0.15) is 0 Å². The van der Waals surface area contributed by atoms with Gasteiger partial charge in [0, 0.05) is 16.7 Å². The van der Waals surface area contributed by atoms with Crippen LogP contribution in [0.2, 0.25) is 0 Å². The van der Waals surface area contributed by atoms with Crippen molar-refractivity contribution in [3.63, 3.8) is 0 Å². The van der Waals surface area contributed by atoms with Gasteiger partial charge in [-0.05, 0) is 18.6 Å².